The minimum Gasteiger partial charge on any atom is -0.352 e. The van der Waals surface area contributed by atoms with Crippen molar-refractivity contribution >= 4 is 30.1 Å². The Balaban J connectivity index is 0.00000225. The Morgan fingerprint density at radius 2 is 2.28 bits per heavy atom. The summed E-state index contributed by atoms with van der Waals surface area (Å²) in [5, 5.41) is 10.4. The van der Waals surface area contributed by atoms with Gasteiger partial charge >= 0.3 is 0 Å². The predicted molar refractivity (Wildman–Crippen MR) is 99.6 cm³/mol. The van der Waals surface area contributed by atoms with Crippen molar-refractivity contribution in [2.75, 3.05) is 19.3 Å². The van der Waals surface area contributed by atoms with E-state index >= 15 is 0 Å². The van der Waals surface area contributed by atoms with E-state index in [0.717, 1.165) is 22.6 Å². The molecule has 1 fully saturated rings. The quantitative estimate of drug-likeness (QED) is 0.777. The van der Waals surface area contributed by atoms with Gasteiger partial charge in [0.05, 0.1) is 12.1 Å². The van der Waals surface area contributed by atoms with Crippen LogP contribution in [-0.4, -0.2) is 35.0 Å². The van der Waals surface area contributed by atoms with Crippen LogP contribution < -0.4 is 10.6 Å². The fourth-order valence-electron chi connectivity index (χ4n) is 3.13. The van der Waals surface area contributed by atoms with Crippen LogP contribution in [0.4, 0.5) is 4.39 Å². The van der Waals surface area contributed by atoms with Gasteiger partial charge in [0.2, 0.25) is 5.91 Å². The number of nitrogens with zero attached hydrogens (tertiary/aromatic N) is 2. The lowest BCUT2D eigenvalue weighted by molar-refractivity contribution is -0.125. The van der Waals surface area contributed by atoms with Gasteiger partial charge < -0.3 is 10.6 Å². The monoisotopic (exact) mass is 384 g/mol. The Labute approximate surface area is 157 Å². The summed E-state index contributed by atoms with van der Waals surface area (Å²) < 4.78 is 15.2. The van der Waals surface area contributed by atoms with Crippen molar-refractivity contribution in [1.29, 1.82) is 0 Å². The highest BCUT2D eigenvalue weighted by Crippen LogP contribution is 2.28. The zero-order valence-corrected chi connectivity index (χ0v) is 15.8. The molecule has 2 N–H and O–H groups in total. The van der Waals surface area contributed by atoms with Gasteiger partial charge in [0.1, 0.15) is 5.82 Å². The molecule has 0 spiro atoms. The topological polar surface area (TPSA) is 59.0 Å². The van der Waals surface area contributed by atoms with E-state index in [2.05, 4.69) is 15.7 Å². The molecule has 0 unspecified atom stereocenters. The number of carbonyl (C=O) groups excluding carboxylic acids is 1. The summed E-state index contributed by atoms with van der Waals surface area (Å²) in [4.78, 5) is 13.6. The number of hydrogen-bond acceptors (Lipinski definition) is 4. The lowest BCUT2D eigenvalue weighted by Crippen LogP contribution is -2.34. The summed E-state index contributed by atoms with van der Waals surface area (Å²) in [5.41, 5.74) is 1.87. The van der Waals surface area contributed by atoms with Crippen molar-refractivity contribution in [3.05, 3.63) is 47.5 Å². The SMILES string of the molecule is CSc1ccc(F)cc1CNC(=O)[C@H]1CNC[C@@H]1c1cnn(C)c1.Cl. The first kappa shape index (κ1) is 19.8. The average molecular weight is 385 g/mol. The van der Waals surface area contributed by atoms with Gasteiger partial charge in [-0.2, -0.15) is 5.10 Å². The first-order chi connectivity index (χ1) is 11.6. The van der Waals surface area contributed by atoms with Crippen LogP contribution >= 0.6 is 24.2 Å². The Hall–Kier alpha value is -1.57. The van der Waals surface area contributed by atoms with Crippen LogP contribution in [0.3, 0.4) is 0 Å². The first-order valence-corrected chi connectivity index (χ1v) is 9.10. The summed E-state index contributed by atoms with van der Waals surface area (Å²) in [7, 11) is 1.87. The van der Waals surface area contributed by atoms with Crippen LogP contribution in [0.15, 0.2) is 35.5 Å². The van der Waals surface area contributed by atoms with Gasteiger partial charge in [0.25, 0.3) is 0 Å². The number of hydrogen-bond donors (Lipinski definition) is 2. The van der Waals surface area contributed by atoms with Gasteiger partial charge in [-0.1, -0.05) is 0 Å². The maximum absolute atomic E-state index is 13.5. The molecule has 136 valence electrons. The van der Waals surface area contributed by atoms with Crippen LogP contribution in [-0.2, 0) is 18.4 Å². The molecule has 8 heteroatoms. The van der Waals surface area contributed by atoms with E-state index in [-0.39, 0.29) is 36.0 Å². The Morgan fingerprint density at radius 1 is 1.48 bits per heavy atom. The fourth-order valence-corrected chi connectivity index (χ4v) is 3.73. The third-order valence-electron chi connectivity index (χ3n) is 4.40. The molecule has 2 heterocycles. The minimum absolute atomic E-state index is 0. The molecule has 2 atom stereocenters. The van der Waals surface area contributed by atoms with Gasteiger partial charge in [0.15, 0.2) is 0 Å². The molecule has 0 radical (unpaired) electrons. The third-order valence-corrected chi connectivity index (χ3v) is 5.24. The van der Waals surface area contributed by atoms with Crippen molar-refractivity contribution in [2.45, 2.75) is 17.4 Å². The first-order valence-electron chi connectivity index (χ1n) is 7.88. The van der Waals surface area contributed by atoms with Crippen LogP contribution in [0.2, 0.25) is 0 Å². The number of halogens is 2. The molecule has 2 aromatic rings. The minimum atomic E-state index is -0.284. The molecule has 1 saturated heterocycles. The average Bonchev–Trinajstić information content (AvgIpc) is 3.21. The summed E-state index contributed by atoms with van der Waals surface area (Å²) in [6.07, 6.45) is 5.71. The predicted octanol–water partition coefficient (Wildman–Crippen LogP) is 2.32. The highest BCUT2D eigenvalue weighted by atomic mass is 35.5. The van der Waals surface area contributed by atoms with E-state index in [4.69, 9.17) is 0 Å². The van der Waals surface area contributed by atoms with E-state index in [0.29, 0.717) is 13.1 Å². The number of aryl methyl sites for hydroxylation is 1. The van der Waals surface area contributed by atoms with Crippen LogP contribution in [0.5, 0.6) is 0 Å². The van der Waals surface area contributed by atoms with Crippen molar-refractivity contribution in [2.24, 2.45) is 13.0 Å². The second-order valence-corrected chi connectivity index (χ2v) is 6.84. The lowest BCUT2D eigenvalue weighted by atomic mass is 9.90. The summed E-state index contributed by atoms with van der Waals surface area (Å²) in [6, 6.07) is 4.67. The number of nitrogens with one attached hydrogen (secondary N) is 2. The highest BCUT2D eigenvalue weighted by Gasteiger charge is 2.34. The standard InChI is InChI=1S/C17H21FN4OS.ClH/c1-22-10-12(7-21-22)14-8-19-9-15(14)17(23)20-6-11-5-13(18)3-4-16(11)24-2;/h3-5,7,10,14-15,19H,6,8-9H2,1-2H3,(H,20,23);1H/t14-,15+;/m1./s1. The largest absolute Gasteiger partial charge is 0.352 e. The molecular weight excluding hydrogens is 363 g/mol. The molecule has 0 aliphatic carbocycles. The molecule has 1 amide bonds. The molecule has 5 nitrogen and oxygen atoms in total. The molecule has 1 aromatic carbocycles. The second-order valence-electron chi connectivity index (χ2n) is 5.99. The number of aromatic nitrogens is 2. The Kier molecular flexibility index (Phi) is 6.87. The maximum Gasteiger partial charge on any atom is 0.225 e. The van der Waals surface area contributed by atoms with Gasteiger partial charge in [-0.15, -0.1) is 24.2 Å². The van der Waals surface area contributed by atoms with Gasteiger partial charge in [0, 0.05) is 43.7 Å². The molecule has 25 heavy (non-hydrogen) atoms. The van der Waals surface area contributed by atoms with Gasteiger partial charge in [-0.25, -0.2) is 4.39 Å². The number of amides is 1. The number of carbonyl (C=O) groups is 1. The van der Waals surface area contributed by atoms with E-state index in [9.17, 15) is 9.18 Å². The van der Waals surface area contributed by atoms with Crippen molar-refractivity contribution in [1.82, 2.24) is 20.4 Å². The molecule has 1 aliphatic heterocycles. The van der Waals surface area contributed by atoms with E-state index in [1.165, 1.54) is 12.1 Å². The molecule has 1 aliphatic rings. The Bertz CT molecular complexity index is 739. The molecule has 1 aromatic heterocycles. The summed E-state index contributed by atoms with van der Waals surface area (Å²) in [6.45, 7) is 1.74. The van der Waals surface area contributed by atoms with Gasteiger partial charge in [-0.05, 0) is 35.6 Å². The third kappa shape index (κ3) is 4.54. The lowest BCUT2D eigenvalue weighted by Gasteiger charge is -2.17. The molecular formula is C17H22ClFN4OS. The summed E-state index contributed by atoms with van der Waals surface area (Å²) >= 11 is 1.55. The van der Waals surface area contributed by atoms with Crippen molar-refractivity contribution < 1.29 is 9.18 Å². The Morgan fingerprint density at radius 3 is 2.96 bits per heavy atom. The van der Waals surface area contributed by atoms with Crippen molar-refractivity contribution in [3.63, 3.8) is 0 Å². The second kappa shape index (κ2) is 8.69. The zero-order valence-electron chi connectivity index (χ0n) is 14.2. The zero-order chi connectivity index (χ0) is 17.1. The normalized spacial score (nSPS) is 19.5. The van der Waals surface area contributed by atoms with E-state index in [1.807, 2.05) is 25.7 Å². The maximum atomic E-state index is 13.5. The van der Waals surface area contributed by atoms with Crippen LogP contribution in [0.25, 0.3) is 0 Å². The molecule has 3 rings (SSSR count). The fraction of sp³-hybridized carbons (Fsp3) is 0.412. The molecule has 0 saturated carbocycles. The summed E-state index contributed by atoms with van der Waals surface area (Å²) in [5.74, 6) is -0.315. The van der Waals surface area contributed by atoms with Crippen LogP contribution in [0, 0.1) is 11.7 Å². The number of thioether (sulfide) groups is 1. The van der Waals surface area contributed by atoms with Crippen molar-refractivity contribution in [3.8, 4) is 0 Å². The number of benzene rings is 1. The van der Waals surface area contributed by atoms with E-state index in [1.54, 1.807) is 22.5 Å². The van der Waals surface area contributed by atoms with Crippen LogP contribution in [0.1, 0.15) is 17.0 Å². The van der Waals surface area contributed by atoms with Gasteiger partial charge in [-0.3, -0.25) is 9.48 Å². The highest BCUT2D eigenvalue weighted by molar-refractivity contribution is 7.98. The molecule has 0 bridgehead atoms. The number of rotatable bonds is 5. The van der Waals surface area contributed by atoms with E-state index < -0.39 is 0 Å². The smallest absolute Gasteiger partial charge is 0.225 e.